The molecule has 24 heavy (non-hydrogen) atoms. The van der Waals surface area contributed by atoms with E-state index in [0.717, 1.165) is 49.7 Å². The third-order valence-electron chi connectivity index (χ3n) is 5.05. The van der Waals surface area contributed by atoms with Gasteiger partial charge in [-0.3, -0.25) is 0 Å². The van der Waals surface area contributed by atoms with E-state index in [0.29, 0.717) is 18.7 Å². The fourth-order valence-electron chi connectivity index (χ4n) is 3.64. The Balaban J connectivity index is 1.89. The summed E-state index contributed by atoms with van der Waals surface area (Å²) in [7, 11) is -3.53. The van der Waals surface area contributed by atoms with Crippen LogP contribution in [0.1, 0.15) is 56.9 Å². The summed E-state index contributed by atoms with van der Waals surface area (Å²) in [6.07, 6.45) is 9.48. The molecule has 1 aromatic carbocycles. The number of sulfonamides is 1. The quantitative estimate of drug-likeness (QED) is 0.363. The first-order chi connectivity index (χ1) is 11.6. The highest BCUT2D eigenvalue weighted by Crippen LogP contribution is 2.24. The molecule has 0 aromatic heterocycles. The standard InChI is InChI=1S/C18H26N2O3S/c21-20(17-10-3-1-4-11-17)15-16-9-5-6-12-18(16)24(22,23)19-13-7-2-8-14-19/h5-6,9,12,15,17H,1-4,7-8,10-11,13-14H2. The van der Waals surface area contributed by atoms with E-state index in [1.807, 2.05) is 0 Å². The van der Waals surface area contributed by atoms with Gasteiger partial charge >= 0.3 is 0 Å². The molecule has 0 N–H and O–H groups in total. The largest absolute Gasteiger partial charge is 0.624 e. The zero-order valence-electron chi connectivity index (χ0n) is 14.1. The maximum Gasteiger partial charge on any atom is 0.243 e. The molecule has 0 radical (unpaired) electrons. The van der Waals surface area contributed by atoms with Crippen molar-refractivity contribution in [2.75, 3.05) is 13.1 Å². The molecule has 0 bridgehead atoms. The first-order valence-electron chi connectivity index (χ1n) is 8.98. The number of piperidine rings is 1. The SMILES string of the molecule is O=S(=O)(c1ccccc1C=[N+]([O-])C1CCCCC1)N1CCCCC1. The second-order valence-electron chi connectivity index (χ2n) is 6.78. The zero-order valence-corrected chi connectivity index (χ0v) is 14.9. The number of benzene rings is 1. The van der Waals surface area contributed by atoms with Gasteiger partial charge in [-0.15, -0.1) is 0 Å². The van der Waals surface area contributed by atoms with Crippen molar-refractivity contribution < 1.29 is 13.2 Å². The van der Waals surface area contributed by atoms with Gasteiger partial charge in [0.25, 0.3) is 0 Å². The summed E-state index contributed by atoms with van der Waals surface area (Å²) in [5.74, 6) is 0. The highest BCUT2D eigenvalue weighted by molar-refractivity contribution is 7.89. The lowest BCUT2D eigenvalue weighted by molar-refractivity contribution is -0.500. The molecule has 0 unspecified atom stereocenters. The van der Waals surface area contributed by atoms with Gasteiger partial charge in [0.15, 0.2) is 12.3 Å². The maximum absolute atomic E-state index is 13.0. The van der Waals surface area contributed by atoms with Gasteiger partial charge in [0.1, 0.15) is 0 Å². The van der Waals surface area contributed by atoms with Crippen LogP contribution in [0.25, 0.3) is 0 Å². The summed E-state index contributed by atoms with van der Waals surface area (Å²) in [5.41, 5.74) is 0.503. The first-order valence-corrected chi connectivity index (χ1v) is 10.4. The minimum atomic E-state index is -3.53. The van der Waals surface area contributed by atoms with Crippen LogP contribution in [0, 0.1) is 5.21 Å². The van der Waals surface area contributed by atoms with Crippen molar-refractivity contribution in [3.8, 4) is 0 Å². The fourth-order valence-corrected chi connectivity index (χ4v) is 5.33. The van der Waals surface area contributed by atoms with Gasteiger partial charge in [-0.25, -0.2) is 13.2 Å². The molecule has 2 fully saturated rings. The molecule has 1 heterocycles. The van der Waals surface area contributed by atoms with Crippen LogP contribution in [0.3, 0.4) is 0 Å². The number of hydrogen-bond donors (Lipinski definition) is 0. The minimum absolute atomic E-state index is 0.0236. The van der Waals surface area contributed by atoms with Gasteiger partial charge in [-0.2, -0.15) is 4.31 Å². The predicted octanol–water partition coefficient (Wildman–Crippen LogP) is 3.12. The van der Waals surface area contributed by atoms with Crippen LogP contribution in [0.2, 0.25) is 0 Å². The summed E-state index contributed by atoms with van der Waals surface area (Å²) < 4.78 is 28.4. The Morgan fingerprint density at radius 1 is 1.00 bits per heavy atom. The molecule has 1 saturated carbocycles. The van der Waals surface area contributed by atoms with Crippen molar-refractivity contribution in [3.63, 3.8) is 0 Å². The normalized spacial score (nSPS) is 21.8. The molecule has 0 spiro atoms. The second-order valence-corrected chi connectivity index (χ2v) is 8.69. The Morgan fingerprint density at radius 2 is 1.62 bits per heavy atom. The third-order valence-corrected chi connectivity index (χ3v) is 7.03. The van der Waals surface area contributed by atoms with E-state index in [9.17, 15) is 13.6 Å². The smallest absolute Gasteiger partial charge is 0.243 e. The Bertz CT molecular complexity index is 688. The number of rotatable bonds is 4. The van der Waals surface area contributed by atoms with Crippen LogP contribution in [0.5, 0.6) is 0 Å². The van der Waals surface area contributed by atoms with Crippen LogP contribution >= 0.6 is 0 Å². The molecule has 5 nitrogen and oxygen atoms in total. The highest BCUT2D eigenvalue weighted by Gasteiger charge is 2.28. The van der Waals surface area contributed by atoms with Crippen molar-refractivity contribution in [2.45, 2.75) is 62.3 Å². The Morgan fingerprint density at radius 3 is 2.33 bits per heavy atom. The van der Waals surface area contributed by atoms with Crippen molar-refractivity contribution in [1.82, 2.24) is 4.31 Å². The Labute approximate surface area is 144 Å². The first kappa shape index (κ1) is 17.4. The lowest BCUT2D eigenvalue weighted by atomic mass is 9.96. The molecule has 0 amide bonds. The van der Waals surface area contributed by atoms with Crippen molar-refractivity contribution in [3.05, 3.63) is 35.0 Å². The van der Waals surface area contributed by atoms with E-state index in [1.165, 1.54) is 12.6 Å². The lowest BCUT2D eigenvalue weighted by Gasteiger charge is -2.26. The van der Waals surface area contributed by atoms with Crippen molar-refractivity contribution >= 4 is 16.2 Å². The van der Waals surface area contributed by atoms with Gasteiger partial charge < -0.3 is 5.21 Å². The average Bonchev–Trinajstić information content (AvgIpc) is 2.63. The highest BCUT2D eigenvalue weighted by atomic mass is 32.2. The Hall–Kier alpha value is -1.40. The molecule has 1 saturated heterocycles. The lowest BCUT2D eigenvalue weighted by Crippen LogP contribution is -2.36. The number of nitrogens with zero attached hydrogens (tertiary/aromatic N) is 2. The second kappa shape index (κ2) is 7.66. The third kappa shape index (κ3) is 3.81. The summed E-state index contributed by atoms with van der Waals surface area (Å²) in [5, 5.41) is 12.5. The van der Waals surface area contributed by atoms with E-state index in [-0.39, 0.29) is 10.9 Å². The molecule has 132 valence electrons. The molecule has 1 aromatic rings. The maximum atomic E-state index is 13.0. The molecular formula is C18H26N2O3S. The van der Waals surface area contributed by atoms with E-state index in [2.05, 4.69) is 0 Å². The molecule has 1 aliphatic carbocycles. The summed E-state index contributed by atoms with van der Waals surface area (Å²) in [4.78, 5) is 0.253. The van der Waals surface area contributed by atoms with Gasteiger partial charge in [-0.1, -0.05) is 25.0 Å². The van der Waals surface area contributed by atoms with Gasteiger partial charge in [0.2, 0.25) is 10.0 Å². The predicted molar refractivity (Wildman–Crippen MR) is 94.7 cm³/mol. The van der Waals surface area contributed by atoms with Crippen molar-refractivity contribution in [2.24, 2.45) is 0 Å². The van der Waals surface area contributed by atoms with Crippen LogP contribution in [0.4, 0.5) is 0 Å². The van der Waals surface area contributed by atoms with Gasteiger partial charge in [-0.05, 0) is 37.8 Å². The summed E-state index contributed by atoms with van der Waals surface area (Å²) >= 11 is 0. The number of hydroxylamine groups is 1. The zero-order chi connectivity index (χ0) is 17.0. The average molecular weight is 350 g/mol. The fraction of sp³-hybridized carbons (Fsp3) is 0.611. The van der Waals surface area contributed by atoms with E-state index in [1.54, 1.807) is 28.6 Å². The van der Waals surface area contributed by atoms with Gasteiger partial charge in [0, 0.05) is 25.9 Å². The molecule has 2 aliphatic rings. The van der Waals surface area contributed by atoms with Crippen LogP contribution in [-0.4, -0.2) is 42.8 Å². The van der Waals surface area contributed by atoms with Gasteiger partial charge in [0.05, 0.1) is 10.5 Å². The molecule has 3 rings (SSSR count). The summed E-state index contributed by atoms with van der Waals surface area (Å²) in [6, 6.07) is 6.83. The molecule has 1 aliphatic heterocycles. The van der Waals surface area contributed by atoms with E-state index in [4.69, 9.17) is 0 Å². The Kier molecular flexibility index (Phi) is 5.56. The monoisotopic (exact) mass is 350 g/mol. The molecule has 6 heteroatoms. The van der Waals surface area contributed by atoms with Crippen LogP contribution in [0.15, 0.2) is 29.2 Å². The summed E-state index contributed by atoms with van der Waals surface area (Å²) in [6.45, 7) is 1.14. The molecular weight excluding hydrogens is 324 g/mol. The minimum Gasteiger partial charge on any atom is -0.624 e. The number of hydrogen-bond acceptors (Lipinski definition) is 3. The van der Waals surface area contributed by atoms with E-state index < -0.39 is 10.0 Å². The van der Waals surface area contributed by atoms with E-state index >= 15 is 0 Å². The van der Waals surface area contributed by atoms with Crippen molar-refractivity contribution in [1.29, 1.82) is 0 Å². The molecule has 0 atom stereocenters. The topological polar surface area (TPSA) is 63.4 Å². The van der Waals surface area contributed by atoms with Crippen LogP contribution < -0.4 is 0 Å². The van der Waals surface area contributed by atoms with Crippen LogP contribution in [-0.2, 0) is 10.0 Å².